The first-order chi connectivity index (χ1) is 15.4. The summed E-state index contributed by atoms with van der Waals surface area (Å²) in [5, 5.41) is 0.515. The quantitative estimate of drug-likeness (QED) is 0.674. The molecule has 0 aliphatic carbocycles. The number of pyridine rings is 1. The van der Waals surface area contributed by atoms with Gasteiger partial charge in [0, 0.05) is 68.2 Å². The van der Waals surface area contributed by atoms with Crippen molar-refractivity contribution in [2.75, 3.05) is 39.3 Å². The fraction of sp³-hybridized carbons (Fsp3) is 0.409. The lowest BCUT2D eigenvalue weighted by Gasteiger charge is -2.38. The SMILES string of the molecule is O=C(c1cccc(Cl)c1)N1CCN(C(=O)C2CCN(S(=O)(=O)c3cccnc3)CC2)CC1. The van der Waals surface area contributed by atoms with Crippen molar-refractivity contribution in [2.45, 2.75) is 17.7 Å². The van der Waals surface area contributed by atoms with Gasteiger partial charge in [-0.25, -0.2) is 8.42 Å². The summed E-state index contributed by atoms with van der Waals surface area (Å²) in [5.74, 6) is -0.252. The summed E-state index contributed by atoms with van der Waals surface area (Å²) < 4.78 is 26.9. The number of aromatic nitrogens is 1. The van der Waals surface area contributed by atoms with Crippen LogP contribution in [0.2, 0.25) is 5.02 Å². The molecule has 32 heavy (non-hydrogen) atoms. The zero-order chi connectivity index (χ0) is 22.7. The molecule has 0 unspecified atom stereocenters. The second kappa shape index (κ2) is 9.56. The van der Waals surface area contributed by atoms with Crippen LogP contribution in [0.3, 0.4) is 0 Å². The Morgan fingerprint density at radius 1 is 0.938 bits per heavy atom. The van der Waals surface area contributed by atoms with E-state index >= 15 is 0 Å². The molecule has 0 radical (unpaired) electrons. The molecule has 0 N–H and O–H groups in total. The number of hydrogen-bond donors (Lipinski definition) is 0. The highest BCUT2D eigenvalue weighted by atomic mass is 35.5. The minimum atomic E-state index is -3.59. The number of carbonyl (C=O) groups excluding carboxylic acids is 2. The molecule has 2 saturated heterocycles. The van der Waals surface area contributed by atoms with Gasteiger partial charge in [-0.3, -0.25) is 14.6 Å². The third-order valence-electron chi connectivity index (χ3n) is 6.03. The number of piperazine rings is 1. The topological polar surface area (TPSA) is 90.9 Å². The van der Waals surface area contributed by atoms with Gasteiger partial charge in [-0.1, -0.05) is 17.7 Å². The summed E-state index contributed by atoms with van der Waals surface area (Å²) in [5.41, 5.74) is 0.541. The van der Waals surface area contributed by atoms with Crippen LogP contribution < -0.4 is 0 Å². The van der Waals surface area contributed by atoms with E-state index in [0.29, 0.717) is 62.7 Å². The van der Waals surface area contributed by atoms with Gasteiger partial charge in [0.25, 0.3) is 5.91 Å². The second-order valence-corrected chi connectivity index (χ2v) is 10.4. The monoisotopic (exact) mass is 476 g/mol. The van der Waals surface area contributed by atoms with Crippen LogP contribution >= 0.6 is 11.6 Å². The Morgan fingerprint density at radius 2 is 1.62 bits per heavy atom. The van der Waals surface area contributed by atoms with Gasteiger partial charge in [-0.05, 0) is 43.2 Å². The van der Waals surface area contributed by atoms with Crippen molar-refractivity contribution in [3.63, 3.8) is 0 Å². The smallest absolute Gasteiger partial charge is 0.254 e. The molecule has 1 aromatic carbocycles. The zero-order valence-corrected chi connectivity index (χ0v) is 19.1. The summed E-state index contributed by atoms with van der Waals surface area (Å²) in [4.78, 5) is 33.3. The summed E-state index contributed by atoms with van der Waals surface area (Å²) in [6.45, 7) is 2.48. The first-order valence-electron chi connectivity index (χ1n) is 10.6. The molecule has 4 rings (SSSR count). The number of amides is 2. The number of piperidine rings is 1. The summed E-state index contributed by atoms with van der Waals surface area (Å²) in [6, 6.07) is 9.98. The van der Waals surface area contributed by atoms with Crippen LogP contribution in [0.25, 0.3) is 0 Å². The van der Waals surface area contributed by atoms with E-state index < -0.39 is 10.0 Å². The van der Waals surface area contributed by atoms with Gasteiger partial charge in [-0.15, -0.1) is 0 Å². The second-order valence-electron chi connectivity index (χ2n) is 7.99. The molecule has 2 fully saturated rings. The van der Waals surface area contributed by atoms with Crippen LogP contribution in [0.4, 0.5) is 0 Å². The predicted molar refractivity (Wildman–Crippen MR) is 120 cm³/mol. The van der Waals surface area contributed by atoms with Crippen LogP contribution in [-0.4, -0.2) is 78.6 Å². The third-order valence-corrected chi connectivity index (χ3v) is 8.14. The molecule has 10 heteroatoms. The van der Waals surface area contributed by atoms with Gasteiger partial charge in [0.15, 0.2) is 0 Å². The minimum Gasteiger partial charge on any atom is -0.339 e. The molecule has 3 heterocycles. The molecule has 0 atom stereocenters. The van der Waals surface area contributed by atoms with Crippen LogP contribution in [0.5, 0.6) is 0 Å². The van der Waals surface area contributed by atoms with E-state index in [1.54, 1.807) is 40.1 Å². The van der Waals surface area contributed by atoms with Crippen molar-refractivity contribution < 1.29 is 18.0 Å². The maximum absolute atomic E-state index is 13.0. The third kappa shape index (κ3) is 4.79. The molecule has 0 saturated carbocycles. The summed E-state index contributed by atoms with van der Waals surface area (Å²) in [6.07, 6.45) is 3.85. The number of hydrogen-bond acceptors (Lipinski definition) is 5. The van der Waals surface area contributed by atoms with E-state index in [1.165, 1.54) is 22.8 Å². The highest BCUT2D eigenvalue weighted by Crippen LogP contribution is 2.25. The van der Waals surface area contributed by atoms with E-state index in [2.05, 4.69) is 4.98 Å². The maximum atomic E-state index is 13.0. The molecular formula is C22H25ClN4O4S. The molecule has 0 bridgehead atoms. The normalized spacial score (nSPS) is 18.5. The molecule has 2 aliphatic heterocycles. The van der Waals surface area contributed by atoms with Gasteiger partial charge >= 0.3 is 0 Å². The molecule has 2 aliphatic rings. The average molecular weight is 477 g/mol. The molecular weight excluding hydrogens is 452 g/mol. The number of sulfonamides is 1. The summed E-state index contributed by atoms with van der Waals surface area (Å²) in [7, 11) is -3.59. The van der Waals surface area contributed by atoms with Crippen molar-refractivity contribution >= 4 is 33.4 Å². The highest BCUT2D eigenvalue weighted by molar-refractivity contribution is 7.89. The van der Waals surface area contributed by atoms with Gasteiger partial charge < -0.3 is 9.80 Å². The number of benzene rings is 1. The largest absolute Gasteiger partial charge is 0.339 e. The van der Waals surface area contributed by atoms with Crippen LogP contribution in [0.1, 0.15) is 23.2 Å². The van der Waals surface area contributed by atoms with Gasteiger partial charge in [0.05, 0.1) is 0 Å². The van der Waals surface area contributed by atoms with E-state index in [-0.39, 0.29) is 22.6 Å². The number of halogens is 1. The van der Waals surface area contributed by atoms with Gasteiger partial charge in [-0.2, -0.15) is 4.31 Å². The lowest BCUT2D eigenvalue weighted by atomic mass is 9.96. The van der Waals surface area contributed by atoms with Crippen molar-refractivity contribution in [2.24, 2.45) is 5.92 Å². The molecule has 0 spiro atoms. The highest BCUT2D eigenvalue weighted by Gasteiger charge is 2.35. The number of carbonyl (C=O) groups is 2. The van der Waals surface area contributed by atoms with Crippen molar-refractivity contribution in [3.05, 3.63) is 59.4 Å². The molecule has 1 aromatic heterocycles. The van der Waals surface area contributed by atoms with Crippen molar-refractivity contribution in [3.8, 4) is 0 Å². The molecule has 2 aromatic rings. The zero-order valence-electron chi connectivity index (χ0n) is 17.6. The first kappa shape index (κ1) is 22.7. The Labute approximate surface area is 192 Å². The lowest BCUT2D eigenvalue weighted by Crippen LogP contribution is -2.53. The van der Waals surface area contributed by atoms with Crippen molar-refractivity contribution in [1.29, 1.82) is 0 Å². The fourth-order valence-electron chi connectivity index (χ4n) is 4.18. The maximum Gasteiger partial charge on any atom is 0.254 e. The minimum absolute atomic E-state index is 0.0401. The number of nitrogens with zero attached hydrogens (tertiary/aromatic N) is 4. The van der Waals surface area contributed by atoms with E-state index in [4.69, 9.17) is 11.6 Å². The molecule has 170 valence electrons. The Balaban J connectivity index is 1.30. The van der Waals surface area contributed by atoms with E-state index in [1.807, 2.05) is 0 Å². The Kier molecular flexibility index (Phi) is 6.78. The van der Waals surface area contributed by atoms with Crippen LogP contribution in [0.15, 0.2) is 53.7 Å². The first-order valence-corrected chi connectivity index (χ1v) is 12.4. The Morgan fingerprint density at radius 3 is 2.25 bits per heavy atom. The van der Waals surface area contributed by atoms with Crippen LogP contribution in [0, 0.1) is 5.92 Å². The lowest BCUT2D eigenvalue weighted by molar-refractivity contribution is -0.138. The fourth-order valence-corrected chi connectivity index (χ4v) is 5.81. The van der Waals surface area contributed by atoms with Gasteiger partial charge in [0.2, 0.25) is 15.9 Å². The molecule has 2 amide bonds. The summed E-state index contributed by atoms with van der Waals surface area (Å²) >= 11 is 5.98. The van der Waals surface area contributed by atoms with Gasteiger partial charge in [0.1, 0.15) is 4.90 Å². The Hall–Kier alpha value is -2.49. The van der Waals surface area contributed by atoms with E-state index in [9.17, 15) is 18.0 Å². The van der Waals surface area contributed by atoms with E-state index in [0.717, 1.165) is 0 Å². The van der Waals surface area contributed by atoms with Crippen molar-refractivity contribution in [1.82, 2.24) is 19.1 Å². The standard InChI is InChI=1S/C22H25ClN4O4S/c23-19-4-1-3-18(15-19)22(29)26-13-11-25(12-14-26)21(28)17-6-9-27(10-7-17)32(30,31)20-5-2-8-24-16-20/h1-5,8,15-17H,6-7,9-14H2. The predicted octanol–water partition coefficient (Wildman–Crippen LogP) is 2.12. The Bertz CT molecular complexity index is 1080. The molecule has 8 nitrogen and oxygen atoms in total. The van der Waals surface area contributed by atoms with Crippen LogP contribution in [-0.2, 0) is 14.8 Å². The number of rotatable bonds is 4. The average Bonchev–Trinajstić information content (AvgIpc) is 2.84.